The first-order valence-electron chi connectivity index (χ1n) is 22.8. The second-order valence-corrected chi connectivity index (χ2v) is 16.7. The van der Waals surface area contributed by atoms with Gasteiger partial charge in [0.15, 0.2) is 5.78 Å². The standard InChI is InChI=1S/C43H32N2O9.2C6H12O/c1-4-5-6-37(46)29-19-31(53-42(51)27-13-17-33-35(21-27)39(48)44(3)38(33)47)23-32(20-29)54-43(52)28-14-18-34-36(22-28)41(50)45(40(34)49)30-15-11-26(12-16-30)25-9-7-24(2)8-10-25;2*1-3-4-5-6(2)7/h7-23H,4-6H2,1-3H3;2*3-5H2,1-2H3. The van der Waals surface area contributed by atoms with Crippen molar-refractivity contribution >= 4 is 58.6 Å². The SMILES string of the molecule is CCCCC(=O)c1cc(OC(=O)c2ccc3c(c2)C(=O)N(C)C3=O)cc(OC(=O)c2ccc3c(c2)C(=O)N(c2ccc(-c4ccc(C)cc4)cc2)C3=O)c1.CCCCC(C)=O.CCCCC(C)=O. The number of esters is 2. The number of imide groups is 2. The van der Waals surface area contributed by atoms with Crippen LogP contribution in [0.25, 0.3) is 11.1 Å². The van der Waals surface area contributed by atoms with Crippen molar-refractivity contribution in [2.75, 3.05) is 11.9 Å². The van der Waals surface area contributed by atoms with Crippen molar-refractivity contribution in [3.8, 4) is 22.6 Å². The number of benzene rings is 5. The molecule has 2 aliphatic rings. The Morgan fingerprint density at radius 2 is 0.882 bits per heavy atom. The lowest BCUT2D eigenvalue weighted by Gasteiger charge is -2.14. The monoisotopic (exact) mass is 920 g/mol. The highest BCUT2D eigenvalue weighted by molar-refractivity contribution is 6.34. The van der Waals surface area contributed by atoms with Gasteiger partial charge in [0.1, 0.15) is 23.1 Å². The molecule has 7 rings (SSSR count). The molecule has 5 aromatic rings. The van der Waals surface area contributed by atoms with Crippen molar-refractivity contribution in [1.82, 2.24) is 4.90 Å². The van der Waals surface area contributed by atoms with E-state index in [0.29, 0.717) is 23.7 Å². The van der Waals surface area contributed by atoms with E-state index in [2.05, 4.69) is 13.8 Å². The summed E-state index contributed by atoms with van der Waals surface area (Å²) < 4.78 is 11.2. The van der Waals surface area contributed by atoms with E-state index in [1.807, 2.05) is 50.2 Å². The zero-order chi connectivity index (χ0) is 49.7. The molecule has 0 bridgehead atoms. The Hall–Kier alpha value is -7.67. The van der Waals surface area contributed by atoms with E-state index in [-0.39, 0.29) is 62.6 Å². The second-order valence-electron chi connectivity index (χ2n) is 16.7. The van der Waals surface area contributed by atoms with Crippen LogP contribution in [0.5, 0.6) is 11.5 Å². The van der Waals surface area contributed by atoms with Gasteiger partial charge in [-0.2, -0.15) is 0 Å². The number of nitrogens with zero attached hydrogens (tertiary/aromatic N) is 2. The normalized spacial score (nSPS) is 12.3. The van der Waals surface area contributed by atoms with Gasteiger partial charge >= 0.3 is 11.9 Å². The van der Waals surface area contributed by atoms with Crippen LogP contribution in [0, 0.1) is 6.92 Å². The molecule has 0 fully saturated rings. The van der Waals surface area contributed by atoms with E-state index in [9.17, 15) is 43.2 Å². The number of unbranched alkanes of at least 4 members (excludes halogenated alkanes) is 3. The van der Waals surface area contributed by atoms with Gasteiger partial charge in [-0.25, -0.2) is 14.5 Å². The smallest absolute Gasteiger partial charge is 0.343 e. The quantitative estimate of drug-likeness (QED) is 0.0398. The molecular formula is C55H56N2O11. The van der Waals surface area contributed by atoms with Crippen molar-refractivity contribution in [1.29, 1.82) is 0 Å². The Kier molecular flexibility index (Phi) is 17.9. The van der Waals surface area contributed by atoms with Gasteiger partial charge in [0, 0.05) is 37.9 Å². The summed E-state index contributed by atoms with van der Waals surface area (Å²) in [5, 5.41) is 0. The van der Waals surface area contributed by atoms with E-state index in [4.69, 9.17) is 9.47 Å². The minimum absolute atomic E-state index is 0.0138. The molecule has 0 aliphatic carbocycles. The van der Waals surface area contributed by atoms with E-state index in [0.717, 1.165) is 71.4 Å². The zero-order valence-corrected chi connectivity index (χ0v) is 39.6. The van der Waals surface area contributed by atoms with Crippen LogP contribution in [0.2, 0.25) is 0 Å². The number of aryl methyl sites for hydroxylation is 1. The summed E-state index contributed by atoms with van der Waals surface area (Å²) in [5.74, 6) is -3.82. The Labute approximate surface area is 396 Å². The maximum atomic E-state index is 13.5. The number of hydrogen-bond donors (Lipinski definition) is 0. The van der Waals surface area contributed by atoms with Gasteiger partial charge in [0.25, 0.3) is 23.6 Å². The van der Waals surface area contributed by atoms with Gasteiger partial charge in [-0.3, -0.25) is 28.9 Å². The zero-order valence-electron chi connectivity index (χ0n) is 39.6. The van der Waals surface area contributed by atoms with E-state index >= 15 is 0 Å². The molecule has 0 radical (unpaired) electrons. The van der Waals surface area contributed by atoms with E-state index in [1.165, 1.54) is 61.6 Å². The molecule has 4 amide bonds. The summed E-state index contributed by atoms with van der Waals surface area (Å²) in [5.41, 5.74) is 3.86. The topological polar surface area (TPSA) is 179 Å². The summed E-state index contributed by atoms with van der Waals surface area (Å²) >= 11 is 0. The maximum absolute atomic E-state index is 13.5. The number of rotatable bonds is 16. The first kappa shape index (κ1) is 51.3. The lowest BCUT2D eigenvalue weighted by molar-refractivity contribution is -0.117. The van der Waals surface area contributed by atoms with Crippen LogP contribution in [0.3, 0.4) is 0 Å². The van der Waals surface area contributed by atoms with Crippen LogP contribution in [0.1, 0.15) is 170 Å². The van der Waals surface area contributed by atoms with Crippen LogP contribution in [-0.4, -0.2) is 64.9 Å². The van der Waals surface area contributed by atoms with Gasteiger partial charge in [-0.1, -0.05) is 82.0 Å². The molecule has 68 heavy (non-hydrogen) atoms. The van der Waals surface area contributed by atoms with E-state index in [1.54, 1.807) is 26.0 Å². The summed E-state index contributed by atoms with van der Waals surface area (Å²) in [4.78, 5) is 114. The number of fused-ring (bicyclic) bond motifs is 2. The number of hydrogen-bond acceptors (Lipinski definition) is 11. The highest BCUT2D eigenvalue weighted by Gasteiger charge is 2.38. The number of ketones is 3. The molecular weight excluding hydrogens is 865 g/mol. The number of carbonyl (C=O) groups excluding carboxylic acids is 9. The van der Waals surface area contributed by atoms with Crippen LogP contribution in [0.4, 0.5) is 5.69 Å². The average molecular weight is 921 g/mol. The van der Waals surface area contributed by atoms with Crippen LogP contribution >= 0.6 is 0 Å². The highest BCUT2D eigenvalue weighted by Crippen LogP contribution is 2.32. The van der Waals surface area contributed by atoms with Crippen molar-refractivity contribution in [2.24, 2.45) is 0 Å². The Morgan fingerprint density at radius 3 is 1.34 bits per heavy atom. The molecule has 0 N–H and O–H groups in total. The van der Waals surface area contributed by atoms with Crippen LogP contribution in [0.15, 0.2) is 103 Å². The fourth-order valence-corrected chi connectivity index (χ4v) is 7.16. The fraction of sp³-hybridized carbons (Fsp3) is 0.291. The van der Waals surface area contributed by atoms with Gasteiger partial charge in [0.05, 0.1) is 39.1 Å². The Balaban J connectivity index is 0.000000538. The van der Waals surface area contributed by atoms with Gasteiger partial charge in [0.2, 0.25) is 0 Å². The number of carbonyl (C=O) groups is 9. The Morgan fingerprint density at radius 1 is 0.471 bits per heavy atom. The number of anilines is 1. The average Bonchev–Trinajstić information content (AvgIpc) is 3.71. The van der Waals surface area contributed by atoms with Crippen molar-refractivity contribution in [2.45, 2.75) is 99.3 Å². The third kappa shape index (κ3) is 12.8. The molecule has 5 aromatic carbocycles. The lowest BCUT2D eigenvalue weighted by atomic mass is 10.0. The van der Waals surface area contributed by atoms with Crippen molar-refractivity contribution in [3.63, 3.8) is 0 Å². The predicted molar refractivity (Wildman–Crippen MR) is 258 cm³/mol. The third-order valence-corrected chi connectivity index (χ3v) is 11.1. The molecule has 0 atom stereocenters. The number of Topliss-reactive ketones (excluding diaryl/α,β-unsaturated/α-hetero) is 3. The molecule has 0 spiro atoms. The summed E-state index contributed by atoms with van der Waals surface area (Å²) in [6.45, 7) is 11.4. The molecule has 0 saturated carbocycles. The van der Waals surface area contributed by atoms with Gasteiger partial charge < -0.3 is 19.1 Å². The van der Waals surface area contributed by atoms with E-state index < -0.39 is 35.6 Å². The van der Waals surface area contributed by atoms with Crippen molar-refractivity contribution < 1.29 is 52.6 Å². The summed E-state index contributed by atoms with van der Waals surface area (Å²) in [6.07, 6.45) is 7.43. The summed E-state index contributed by atoms with van der Waals surface area (Å²) in [6, 6.07) is 27.0. The largest absolute Gasteiger partial charge is 0.423 e. The molecule has 2 aliphatic heterocycles. The predicted octanol–water partition coefficient (Wildman–Crippen LogP) is 11.0. The number of ether oxygens (including phenoxy) is 2. The molecule has 13 nitrogen and oxygen atoms in total. The summed E-state index contributed by atoms with van der Waals surface area (Å²) in [7, 11) is 1.34. The second kappa shape index (κ2) is 23.7. The first-order valence-corrected chi connectivity index (χ1v) is 22.8. The minimum Gasteiger partial charge on any atom is -0.423 e. The minimum atomic E-state index is -0.889. The molecule has 0 saturated heterocycles. The lowest BCUT2D eigenvalue weighted by Crippen LogP contribution is -2.29. The first-order chi connectivity index (χ1) is 32.5. The van der Waals surface area contributed by atoms with Gasteiger partial charge in [-0.05, 0) is 112 Å². The molecule has 352 valence electrons. The van der Waals surface area contributed by atoms with Crippen molar-refractivity contribution in [3.05, 3.63) is 148 Å². The third-order valence-electron chi connectivity index (χ3n) is 11.1. The molecule has 0 unspecified atom stereocenters. The fourth-order valence-electron chi connectivity index (χ4n) is 7.16. The molecule has 0 aromatic heterocycles. The van der Waals surface area contributed by atoms with Crippen LogP contribution in [-0.2, 0) is 9.59 Å². The maximum Gasteiger partial charge on any atom is 0.343 e. The highest BCUT2D eigenvalue weighted by atomic mass is 16.5. The molecule has 2 heterocycles. The van der Waals surface area contributed by atoms with Crippen LogP contribution < -0.4 is 14.4 Å². The number of amides is 4. The Bertz CT molecular complexity index is 2740. The molecule has 13 heteroatoms. The van der Waals surface area contributed by atoms with Gasteiger partial charge in [-0.15, -0.1) is 0 Å².